The van der Waals surface area contributed by atoms with Crippen LogP contribution in [0.25, 0.3) is 0 Å². The third-order valence-electron chi connectivity index (χ3n) is 2.96. The molecule has 1 aromatic carbocycles. The first-order valence-electron chi connectivity index (χ1n) is 6.40. The number of amides is 1. The van der Waals surface area contributed by atoms with Crippen molar-refractivity contribution in [1.29, 1.82) is 0 Å². The zero-order valence-corrected chi connectivity index (χ0v) is 13.2. The van der Waals surface area contributed by atoms with E-state index in [9.17, 15) is 4.79 Å². The van der Waals surface area contributed by atoms with Crippen molar-refractivity contribution in [3.8, 4) is 11.5 Å². The van der Waals surface area contributed by atoms with Crippen LogP contribution in [0.15, 0.2) is 18.2 Å². The monoisotopic (exact) mass is 343 g/mol. The van der Waals surface area contributed by atoms with Gasteiger partial charge in [0, 0.05) is 20.7 Å². The number of methoxy groups -OCH3 is 1. The number of hydrogen-bond acceptors (Lipinski definition) is 4. The standard InChI is InChI=1S/C14H18BrNO4/c1-16(8-10(15)9-18-2)14(17)11-4-3-5-12-13(11)20-7-6-19-12/h3-5,10H,6-9H2,1-2H3. The number of hydrogen-bond donors (Lipinski definition) is 0. The highest BCUT2D eigenvalue weighted by Gasteiger charge is 2.23. The van der Waals surface area contributed by atoms with Crippen LogP contribution in [-0.4, -0.2) is 56.2 Å². The maximum Gasteiger partial charge on any atom is 0.257 e. The quantitative estimate of drug-likeness (QED) is 0.766. The van der Waals surface area contributed by atoms with Gasteiger partial charge in [-0.25, -0.2) is 0 Å². The van der Waals surface area contributed by atoms with Crippen LogP contribution in [0.2, 0.25) is 0 Å². The van der Waals surface area contributed by atoms with E-state index in [4.69, 9.17) is 14.2 Å². The minimum absolute atomic E-state index is 0.0899. The van der Waals surface area contributed by atoms with Crippen molar-refractivity contribution in [2.75, 3.05) is 40.5 Å². The molecule has 1 aliphatic rings. The predicted octanol–water partition coefficient (Wildman–Crippen LogP) is 1.94. The Morgan fingerprint density at radius 2 is 2.20 bits per heavy atom. The number of carbonyl (C=O) groups excluding carboxylic acids is 1. The van der Waals surface area contributed by atoms with Crippen molar-refractivity contribution in [2.45, 2.75) is 4.83 Å². The van der Waals surface area contributed by atoms with Gasteiger partial charge in [0.2, 0.25) is 0 Å². The van der Waals surface area contributed by atoms with Gasteiger partial charge in [0.25, 0.3) is 5.91 Å². The number of nitrogens with zero attached hydrogens (tertiary/aromatic N) is 1. The van der Waals surface area contributed by atoms with Crippen LogP contribution in [-0.2, 0) is 4.74 Å². The van der Waals surface area contributed by atoms with Gasteiger partial charge in [0.1, 0.15) is 13.2 Å². The fraction of sp³-hybridized carbons (Fsp3) is 0.500. The lowest BCUT2D eigenvalue weighted by atomic mass is 10.1. The third-order valence-corrected chi connectivity index (χ3v) is 3.52. The van der Waals surface area contributed by atoms with Gasteiger partial charge in [-0.15, -0.1) is 0 Å². The van der Waals surface area contributed by atoms with Crippen molar-refractivity contribution in [3.63, 3.8) is 0 Å². The maximum atomic E-state index is 12.5. The van der Waals surface area contributed by atoms with Crippen molar-refractivity contribution < 1.29 is 19.0 Å². The largest absolute Gasteiger partial charge is 0.486 e. The molecule has 1 aromatic rings. The van der Waals surface area contributed by atoms with Gasteiger partial charge in [-0.2, -0.15) is 0 Å². The number of fused-ring (bicyclic) bond motifs is 1. The SMILES string of the molecule is COCC(Br)CN(C)C(=O)c1cccc2c1OCCO2. The summed E-state index contributed by atoms with van der Waals surface area (Å²) in [5, 5.41) is 0. The molecule has 20 heavy (non-hydrogen) atoms. The molecule has 0 spiro atoms. The average Bonchev–Trinajstić information content (AvgIpc) is 2.46. The first kappa shape index (κ1) is 15.1. The number of benzene rings is 1. The summed E-state index contributed by atoms with van der Waals surface area (Å²) in [6.07, 6.45) is 0. The molecule has 6 heteroatoms. The van der Waals surface area contributed by atoms with Crippen LogP contribution < -0.4 is 9.47 Å². The summed E-state index contributed by atoms with van der Waals surface area (Å²) < 4.78 is 16.1. The maximum absolute atomic E-state index is 12.5. The summed E-state index contributed by atoms with van der Waals surface area (Å²) in [6.45, 7) is 2.07. The van der Waals surface area contributed by atoms with E-state index in [2.05, 4.69) is 15.9 Å². The van der Waals surface area contributed by atoms with Crippen LogP contribution in [0.4, 0.5) is 0 Å². The Labute approximate surface area is 126 Å². The van der Waals surface area contributed by atoms with E-state index in [0.29, 0.717) is 43.4 Å². The van der Waals surface area contributed by atoms with Crippen LogP contribution in [0.1, 0.15) is 10.4 Å². The second-order valence-electron chi connectivity index (χ2n) is 4.57. The first-order chi connectivity index (χ1) is 9.63. The molecule has 0 saturated carbocycles. The third kappa shape index (κ3) is 3.43. The Morgan fingerprint density at radius 3 is 2.95 bits per heavy atom. The molecule has 0 fully saturated rings. The lowest BCUT2D eigenvalue weighted by molar-refractivity contribution is 0.0773. The molecule has 0 saturated heterocycles. The van der Waals surface area contributed by atoms with Gasteiger partial charge in [-0.3, -0.25) is 4.79 Å². The number of carbonyl (C=O) groups is 1. The van der Waals surface area contributed by atoms with Gasteiger partial charge < -0.3 is 19.1 Å². The van der Waals surface area contributed by atoms with E-state index < -0.39 is 0 Å². The predicted molar refractivity (Wildman–Crippen MR) is 79.0 cm³/mol. The van der Waals surface area contributed by atoms with Crippen LogP contribution in [0.5, 0.6) is 11.5 Å². The van der Waals surface area contributed by atoms with E-state index in [-0.39, 0.29) is 10.7 Å². The molecule has 1 amide bonds. The Bertz CT molecular complexity index is 480. The molecule has 2 rings (SSSR count). The zero-order chi connectivity index (χ0) is 14.5. The molecule has 0 aliphatic carbocycles. The second-order valence-corrected chi connectivity index (χ2v) is 5.86. The summed E-state index contributed by atoms with van der Waals surface area (Å²) in [5.41, 5.74) is 0.529. The topological polar surface area (TPSA) is 48.0 Å². The summed E-state index contributed by atoms with van der Waals surface area (Å²) in [5.74, 6) is 1.07. The molecular formula is C14H18BrNO4. The van der Waals surface area contributed by atoms with E-state index in [0.717, 1.165) is 0 Å². The molecule has 1 atom stereocenters. The molecule has 0 aromatic heterocycles. The van der Waals surface area contributed by atoms with E-state index in [1.807, 2.05) is 6.07 Å². The second kappa shape index (κ2) is 6.95. The lowest BCUT2D eigenvalue weighted by Crippen LogP contribution is -2.34. The Kier molecular flexibility index (Phi) is 5.25. The smallest absolute Gasteiger partial charge is 0.257 e. The average molecular weight is 344 g/mol. The molecule has 0 N–H and O–H groups in total. The summed E-state index contributed by atoms with van der Waals surface area (Å²) >= 11 is 3.48. The zero-order valence-electron chi connectivity index (χ0n) is 11.6. The molecule has 0 radical (unpaired) electrons. The molecule has 1 unspecified atom stereocenters. The highest BCUT2D eigenvalue weighted by atomic mass is 79.9. The fourth-order valence-electron chi connectivity index (χ4n) is 2.06. The van der Waals surface area contributed by atoms with Crippen LogP contribution in [0.3, 0.4) is 0 Å². The summed E-state index contributed by atoms with van der Waals surface area (Å²) in [6, 6.07) is 5.37. The van der Waals surface area contributed by atoms with Gasteiger partial charge >= 0.3 is 0 Å². The first-order valence-corrected chi connectivity index (χ1v) is 7.32. The number of halogens is 1. The molecular weight excluding hydrogens is 326 g/mol. The highest BCUT2D eigenvalue weighted by Crippen LogP contribution is 2.34. The summed E-state index contributed by atoms with van der Waals surface area (Å²) in [4.78, 5) is 14.2. The molecule has 5 nitrogen and oxygen atoms in total. The van der Waals surface area contributed by atoms with Gasteiger partial charge in [-0.05, 0) is 12.1 Å². The molecule has 1 aliphatic heterocycles. The van der Waals surface area contributed by atoms with E-state index in [1.165, 1.54) is 0 Å². The lowest BCUT2D eigenvalue weighted by Gasteiger charge is -2.24. The Balaban J connectivity index is 2.12. The van der Waals surface area contributed by atoms with Crippen LogP contribution in [0, 0.1) is 0 Å². The number of para-hydroxylation sites is 1. The summed E-state index contributed by atoms with van der Waals surface area (Å²) in [7, 11) is 3.39. The molecule has 1 heterocycles. The van der Waals surface area contributed by atoms with Crippen molar-refractivity contribution in [1.82, 2.24) is 4.90 Å². The Hall–Kier alpha value is -1.27. The highest BCUT2D eigenvalue weighted by molar-refractivity contribution is 9.09. The molecule has 0 bridgehead atoms. The van der Waals surface area contributed by atoms with Crippen molar-refractivity contribution >= 4 is 21.8 Å². The fourth-order valence-corrected chi connectivity index (χ4v) is 2.76. The minimum Gasteiger partial charge on any atom is -0.486 e. The van der Waals surface area contributed by atoms with E-state index >= 15 is 0 Å². The van der Waals surface area contributed by atoms with Gasteiger partial charge in [-0.1, -0.05) is 22.0 Å². The number of ether oxygens (including phenoxy) is 3. The van der Waals surface area contributed by atoms with E-state index in [1.54, 1.807) is 31.2 Å². The molecule has 110 valence electrons. The number of alkyl halides is 1. The van der Waals surface area contributed by atoms with Crippen molar-refractivity contribution in [3.05, 3.63) is 23.8 Å². The van der Waals surface area contributed by atoms with Gasteiger partial charge in [0.15, 0.2) is 11.5 Å². The van der Waals surface area contributed by atoms with Crippen LogP contribution >= 0.6 is 15.9 Å². The van der Waals surface area contributed by atoms with Gasteiger partial charge in [0.05, 0.1) is 17.0 Å². The normalized spacial score (nSPS) is 14.8. The van der Waals surface area contributed by atoms with Crippen molar-refractivity contribution in [2.24, 2.45) is 0 Å². The minimum atomic E-state index is -0.0899. The number of rotatable bonds is 5. The Morgan fingerprint density at radius 1 is 1.45 bits per heavy atom.